The zero-order chi connectivity index (χ0) is 24.9. The Morgan fingerprint density at radius 2 is 1.71 bits per heavy atom. The average Bonchev–Trinajstić information content (AvgIpc) is 3.24. The van der Waals surface area contributed by atoms with Crippen molar-refractivity contribution in [3.05, 3.63) is 12.2 Å². The lowest BCUT2D eigenvalue weighted by molar-refractivity contribution is -0.130. The number of carbonyl (C=O) groups is 2. The molecule has 3 rings (SSSR count). The van der Waals surface area contributed by atoms with Crippen molar-refractivity contribution in [1.29, 1.82) is 0 Å². The molecule has 3 saturated heterocycles. The molecule has 200 valence electrons. The van der Waals surface area contributed by atoms with E-state index in [0.717, 1.165) is 96.7 Å². The molecule has 3 aliphatic rings. The van der Waals surface area contributed by atoms with E-state index in [2.05, 4.69) is 6.92 Å². The molecule has 3 aliphatic heterocycles. The third kappa shape index (κ3) is 9.62. The number of aliphatic hydroxyl groups excluding tert-OH is 1. The standard InChI is InChI=1S/C29H49NO5/c1-2-3-4-12-25(31)18-16-24-17-19-29(33)30(24)22-23(27-14-7-9-20-34-27)11-5-6-13-26(32)28-15-8-10-21-35-28/h16,18,23-24,26-28,32H,2-15,17,19-22H2,1H3. The molecular formula is C29H49NO5. The Kier molecular flexibility index (Phi) is 12.8. The van der Waals surface area contributed by atoms with Crippen molar-refractivity contribution in [1.82, 2.24) is 4.90 Å². The van der Waals surface area contributed by atoms with Gasteiger partial charge in [-0.25, -0.2) is 0 Å². The topological polar surface area (TPSA) is 76.1 Å². The van der Waals surface area contributed by atoms with Crippen molar-refractivity contribution in [2.24, 2.45) is 5.92 Å². The third-order valence-corrected chi connectivity index (χ3v) is 8.05. The summed E-state index contributed by atoms with van der Waals surface area (Å²) >= 11 is 0. The smallest absolute Gasteiger partial charge is 0.223 e. The van der Waals surface area contributed by atoms with E-state index < -0.39 is 0 Å². The van der Waals surface area contributed by atoms with Gasteiger partial charge in [0.2, 0.25) is 5.91 Å². The molecule has 6 nitrogen and oxygen atoms in total. The molecule has 0 saturated carbocycles. The number of ether oxygens (including phenoxy) is 2. The summed E-state index contributed by atoms with van der Waals surface area (Å²) in [5.41, 5.74) is 0. The van der Waals surface area contributed by atoms with Crippen LogP contribution in [0.3, 0.4) is 0 Å². The first-order chi connectivity index (χ1) is 17.1. The normalized spacial score (nSPS) is 27.4. The number of ketones is 1. The molecule has 0 aliphatic carbocycles. The predicted molar refractivity (Wildman–Crippen MR) is 138 cm³/mol. The number of aliphatic hydroxyl groups is 1. The highest BCUT2D eigenvalue weighted by Gasteiger charge is 2.34. The van der Waals surface area contributed by atoms with Crippen molar-refractivity contribution < 1.29 is 24.2 Å². The summed E-state index contributed by atoms with van der Waals surface area (Å²) in [6.45, 7) is 4.42. The molecule has 3 heterocycles. The van der Waals surface area contributed by atoms with Gasteiger partial charge in [0, 0.05) is 38.5 Å². The van der Waals surface area contributed by atoms with Crippen LogP contribution in [0.5, 0.6) is 0 Å². The number of amides is 1. The van der Waals surface area contributed by atoms with Gasteiger partial charge in [-0.15, -0.1) is 0 Å². The second-order valence-electron chi connectivity index (χ2n) is 10.9. The molecule has 0 bridgehead atoms. The molecule has 5 unspecified atom stereocenters. The van der Waals surface area contributed by atoms with Gasteiger partial charge in [-0.3, -0.25) is 9.59 Å². The van der Waals surface area contributed by atoms with Gasteiger partial charge in [0.15, 0.2) is 5.78 Å². The highest BCUT2D eigenvalue weighted by Crippen LogP contribution is 2.30. The first-order valence-corrected chi connectivity index (χ1v) is 14.5. The zero-order valence-corrected chi connectivity index (χ0v) is 22.0. The first kappa shape index (κ1) is 28.3. The van der Waals surface area contributed by atoms with E-state index in [1.54, 1.807) is 6.08 Å². The van der Waals surface area contributed by atoms with Crippen LogP contribution in [0.2, 0.25) is 0 Å². The highest BCUT2D eigenvalue weighted by molar-refractivity contribution is 5.90. The lowest BCUT2D eigenvalue weighted by atomic mass is 9.89. The van der Waals surface area contributed by atoms with Gasteiger partial charge in [0.05, 0.1) is 24.4 Å². The molecule has 0 spiro atoms. The number of carbonyl (C=O) groups excluding carboxylic acids is 2. The van der Waals surface area contributed by atoms with Crippen molar-refractivity contribution in [2.45, 2.75) is 134 Å². The van der Waals surface area contributed by atoms with E-state index in [1.165, 1.54) is 6.42 Å². The molecule has 0 aromatic rings. The molecular weight excluding hydrogens is 442 g/mol. The minimum atomic E-state index is -0.371. The number of hydrogen-bond donors (Lipinski definition) is 1. The monoisotopic (exact) mass is 491 g/mol. The van der Waals surface area contributed by atoms with Crippen molar-refractivity contribution in [2.75, 3.05) is 19.8 Å². The Balaban J connectivity index is 1.51. The molecule has 0 radical (unpaired) electrons. The highest BCUT2D eigenvalue weighted by atomic mass is 16.5. The fourth-order valence-corrected chi connectivity index (χ4v) is 5.84. The van der Waals surface area contributed by atoms with Crippen molar-refractivity contribution >= 4 is 11.7 Å². The van der Waals surface area contributed by atoms with Crippen LogP contribution in [-0.2, 0) is 19.1 Å². The lowest BCUT2D eigenvalue weighted by Crippen LogP contribution is -2.41. The molecule has 1 N–H and O–H groups in total. The minimum Gasteiger partial charge on any atom is -0.390 e. The number of rotatable bonds is 15. The summed E-state index contributed by atoms with van der Waals surface area (Å²) in [6, 6.07) is 0.0222. The van der Waals surface area contributed by atoms with Gasteiger partial charge in [-0.05, 0) is 70.3 Å². The maximum Gasteiger partial charge on any atom is 0.223 e. The molecule has 35 heavy (non-hydrogen) atoms. The van der Waals surface area contributed by atoms with Crippen LogP contribution in [0.25, 0.3) is 0 Å². The van der Waals surface area contributed by atoms with Crippen LogP contribution in [-0.4, -0.2) is 65.8 Å². The summed E-state index contributed by atoms with van der Waals surface area (Å²) in [6.07, 6.45) is 18.9. The van der Waals surface area contributed by atoms with Crippen LogP contribution >= 0.6 is 0 Å². The van der Waals surface area contributed by atoms with E-state index in [4.69, 9.17) is 9.47 Å². The maximum atomic E-state index is 12.8. The molecule has 1 amide bonds. The first-order valence-electron chi connectivity index (χ1n) is 14.5. The third-order valence-electron chi connectivity index (χ3n) is 8.05. The fraction of sp³-hybridized carbons (Fsp3) is 0.862. The Hall–Kier alpha value is -1.24. The number of allylic oxidation sites excluding steroid dienone is 1. The molecule has 0 aromatic heterocycles. The van der Waals surface area contributed by atoms with Gasteiger partial charge in [0.1, 0.15) is 0 Å². The van der Waals surface area contributed by atoms with Gasteiger partial charge in [0.25, 0.3) is 0 Å². The fourth-order valence-electron chi connectivity index (χ4n) is 5.84. The molecule has 0 aromatic carbocycles. The van der Waals surface area contributed by atoms with Crippen molar-refractivity contribution in [3.63, 3.8) is 0 Å². The largest absolute Gasteiger partial charge is 0.390 e. The van der Waals surface area contributed by atoms with Crippen molar-refractivity contribution in [3.8, 4) is 0 Å². The quantitative estimate of drug-likeness (QED) is 0.247. The summed E-state index contributed by atoms with van der Waals surface area (Å²) in [4.78, 5) is 27.0. The lowest BCUT2D eigenvalue weighted by Gasteiger charge is -2.35. The van der Waals surface area contributed by atoms with Gasteiger partial charge in [-0.2, -0.15) is 0 Å². The van der Waals surface area contributed by atoms with Gasteiger partial charge in [-0.1, -0.05) is 38.7 Å². The second-order valence-corrected chi connectivity index (χ2v) is 10.9. The van der Waals surface area contributed by atoms with E-state index in [-0.39, 0.29) is 36.0 Å². The number of hydrogen-bond acceptors (Lipinski definition) is 5. The van der Waals surface area contributed by atoms with Crippen LogP contribution in [0.15, 0.2) is 12.2 Å². The summed E-state index contributed by atoms with van der Waals surface area (Å²) in [7, 11) is 0. The second kappa shape index (κ2) is 15.8. The van der Waals surface area contributed by atoms with Crippen LogP contribution < -0.4 is 0 Å². The van der Waals surface area contributed by atoms with E-state index in [1.807, 2.05) is 11.0 Å². The predicted octanol–water partition coefficient (Wildman–Crippen LogP) is 5.36. The zero-order valence-electron chi connectivity index (χ0n) is 22.0. The SMILES string of the molecule is CCCCCC(=O)C=CC1CCC(=O)N1CC(CCCCC(O)C1CCCCO1)C1CCCCO1. The van der Waals surface area contributed by atoms with Gasteiger partial charge < -0.3 is 19.5 Å². The van der Waals surface area contributed by atoms with Crippen LogP contribution in [0.4, 0.5) is 0 Å². The summed E-state index contributed by atoms with van der Waals surface area (Å²) in [5.74, 6) is 0.672. The van der Waals surface area contributed by atoms with E-state index in [9.17, 15) is 14.7 Å². The molecule has 6 heteroatoms. The Morgan fingerprint density at radius 1 is 1.00 bits per heavy atom. The van der Waals surface area contributed by atoms with Crippen LogP contribution in [0.1, 0.15) is 110 Å². The van der Waals surface area contributed by atoms with Crippen LogP contribution in [0, 0.1) is 5.92 Å². The summed E-state index contributed by atoms with van der Waals surface area (Å²) in [5, 5.41) is 10.5. The Bertz CT molecular complexity index is 653. The van der Waals surface area contributed by atoms with E-state index in [0.29, 0.717) is 25.3 Å². The Morgan fingerprint density at radius 3 is 2.40 bits per heavy atom. The number of unbranched alkanes of at least 4 members (excludes halogenated alkanes) is 3. The van der Waals surface area contributed by atoms with Gasteiger partial charge >= 0.3 is 0 Å². The molecule has 5 atom stereocenters. The van der Waals surface area contributed by atoms with E-state index >= 15 is 0 Å². The maximum absolute atomic E-state index is 12.8. The minimum absolute atomic E-state index is 0.000625. The summed E-state index contributed by atoms with van der Waals surface area (Å²) < 4.78 is 11.9. The Labute approximate surface area is 212 Å². The average molecular weight is 492 g/mol. The number of nitrogens with zero attached hydrogens (tertiary/aromatic N) is 1. The molecule has 3 fully saturated rings. The number of likely N-dealkylation sites (tertiary alicyclic amines) is 1.